The third kappa shape index (κ3) is 2.61. The lowest BCUT2D eigenvalue weighted by Gasteiger charge is -2.37. The first kappa shape index (κ1) is 15.3. The third-order valence-electron chi connectivity index (χ3n) is 4.72. The lowest BCUT2D eigenvalue weighted by molar-refractivity contribution is -0.187. The Morgan fingerprint density at radius 3 is 2.67 bits per heavy atom. The molecule has 7 nitrogen and oxygen atoms in total. The molecule has 0 bridgehead atoms. The highest BCUT2D eigenvalue weighted by atomic mass is 19.1. The Kier molecular flexibility index (Phi) is 3.65. The standard InChI is InChI=1S/C16H18FN3O4/c17-11-1-2-13-12(9-11)18-15(22)20(13)10-14(21)19-5-3-16(4-6-19)23-7-8-24-16/h1-2,9H,3-8,10H2,(H,18,22). The van der Waals surface area contributed by atoms with Crippen LogP contribution in [-0.2, 0) is 20.8 Å². The summed E-state index contributed by atoms with van der Waals surface area (Å²) in [5.74, 6) is -1.11. The largest absolute Gasteiger partial charge is 0.347 e. The number of aromatic nitrogens is 2. The zero-order valence-electron chi connectivity index (χ0n) is 13.1. The fraction of sp³-hybridized carbons (Fsp3) is 0.500. The van der Waals surface area contributed by atoms with Gasteiger partial charge in [0, 0.05) is 25.9 Å². The Morgan fingerprint density at radius 2 is 1.96 bits per heavy atom. The maximum atomic E-state index is 13.2. The van der Waals surface area contributed by atoms with Crippen molar-refractivity contribution in [2.45, 2.75) is 25.2 Å². The van der Waals surface area contributed by atoms with Crippen LogP contribution in [-0.4, -0.2) is 52.4 Å². The molecule has 4 rings (SSSR count). The summed E-state index contributed by atoms with van der Waals surface area (Å²) in [6.45, 7) is 2.18. The summed E-state index contributed by atoms with van der Waals surface area (Å²) in [7, 11) is 0. The molecule has 1 N–H and O–H groups in total. The van der Waals surface area contributed by atoms with E-state index in [9.17, 15) is 14.0 Å². The van der Waals surface area contributed by atoms with Crippen molar-refractivity contribution in [3.63, 3.8) is 0 Å². The Hall–Kier alpha value is -2.19. The lowest BCUT2D eigenvalue weighted by Crippen LogP contribution is -2.48. The van der Waals surface area contributed by atoms with Crippen molar-refractivity contribution in [2.24, 2.45) is 0 Å². The number of aromatic amines is 1. The monoisotopic (exact) mass is 335 g/mol. The number of rotatable bonds is 2. The van der Waals surface area contributed by atoms with Crippen LogP contribution in [0.2, 0.25) is 0 Å². The van der Waals surface area contributed by atoms with Crippen LogP contribution in [0.1, 0.15) is 12.8 Å². The van der Waals surface area contributed by atoms with Gasteiger partial charge in [-0.25, -0.2) is 9.18 Å². The number of imidazole rings is 1. The summed E-state index contributed by atoms with van der Waals surface area (Å²) in [4.78, 5) is 28.9. The number of benzene rings is 1. The normalized spacial score (nSPS) is 20.1. The first-order valence-corrected chi connectivity index (χ1v) is 8.00. The van der Waals surface area contributed by atoms with Crippen LogP contribution in [0.4, 0.5) is 4.39 Å². The molecule has 2 fully saturated rings. The predicted octanol–water partition coefficient (Wildman–Crippen LogP) is 0.834. The van der Waals surface area contributed by atoms with Crippen LogP contribution in [0.25, 0.3) is 11.0 Å². The second-order valence-electron chi connectivity index (χ2n) is 6.17. The number of amides is 1. The van der Waals surface area contributed by atoms with Gasteiger partial charge in [0.1, 0.15) is 12.4 Å². The van der Waals surface area contributed by atoms with E-state index in [0.29, 0.717) is 50.2 Å². The molecule has 3 heterocycles. The predicted molar refractivity (Wildman–Crippen MR) is 83.0 cm³/mol. The Labute approximate surface area is 137 Å². The van der Waals surface area contributed by atoms with Crippen molar-refractivity contribution < 1.29 is 18.7 Å². The van der Waals surface area contributed by atoms with Crippen molar-refractivity contribution in [1.82, 2.24) is 14.5 Å². The average Bonchev–Trinajstić information content (AvgIpc) is 3.13. The van der Waals surface area contributed by atoms with Crippen molar-refractivity contribution in [3.05, 3.63) is 34.5 Å². The third-order valence-corrected chi connectivity index (χ3v) is 4.72. The second kappa shape index (κ2) is 5.71. The highest BCUT2D eigenvalue weighted by molar-refractivity contribution is 5.80. The van der Waals surface area contributed by atoms with Crippen LogP contribution < -0.4 is 5.69 Å². The number of hydrogen-bond acceptors (Lipinski definition) is 4. The molecule has 0 unspecified atom stereocenters. The molecule has 0 saturated carbocycles. The molecule has 0 atom stereocenters. The van der Waals surface area contributed by atoms with Crippen molar-refractivity contribution in [3.8, 4) is 0 Å². The highest BCUT2D eigenvalue weighted by Crippen LogP contribution is 2.31. The van der Waals surface area contributed by atoms with Gasteiger partial charge < -0.3 is 19.4 Å². The maximum absolute atomic E-state index is 13.2. The van der Waals surface area contributed by atoms with Crippen molar-refractivity contribution in [2.75, 3.05) is 26.3 Å². The van der Waals surface area contributed by atoms with Gasteiger partial charge in [-0.2, -0.15) is 0 Å². The molecule has 1 aromatic carbocycles. The number of nitrogens with one attached hydrogen (secondary N) is 1. The van der Waals surface area contributed by atoms with Crippen molar-refractivity contribution >= 4 is 16.9 Å². The fourth-order valence-electron chi connectivity index (χ4n) is 3.41. The number of piperidine rings is 1. The first-order chi connectivity index (χ1) is 11.6. The van der Waals surface area contributed by atoms with Crippen LogP contribution in [0, 0.1) is 5.82 Å². The Balaban J connectivity index is 1.49. The lowest BCUT2D eigenvalue weighted by atomic mass is 10.0. The SMILES string of the molecule is O=C(Cn1c(=O)[nH]c2cc(F)ccc21)N1CCC2(CC1)OCCO2. The van der Waals surface area contributed by atoms with E-state index in [2.05, 4.69) is 4.98 Å². The number of halogens is 1. The van der Waals surface area contributed by atoms with E-state index >= 15 is 0 Å². The molecule has 2 aliphatic heterocycles. The van der Waals surface area contributed by atoms with E-state index in [4.69, 9.17) is 9.47 Å². The van der Waals surface area contributed by atoms with Gasteiger partial charge >= 0.3 is 5.69 Å². The summed E-state index contributed by atoms with van der Waals surface area (Å²) >= 11 is 0. The zero-order valence-corrected chi connectivity index (χ0v) is 13.1. The molecule has 24 heavy (non-hydrogen) atoms. The molecular weight excluding hydrogens is 317 g/mol. The smallest absolute Gasteiger partial charge is 0.326 e. The van der Waals surface area contributed by atoms with Gasteiger partial charge in [-0.1, -0.05) is 0 Å². The van der Waals surface area contributed by atoms with E-state index in [1.54, 1.807) is 4.90 Å². The van der Waals surface area contributed by atoms with E-state index < -0.39 is 17.3 Å². The quantitative estimate of drug-likeness (QED) is 0.882. The van der Waals surface area contributed by atoms with Gasteiger partial charge in [-0.15, -0.1) is 0 Å². The minimum absolute atomic E-state index is 0.0703. The summed E-state index contributed by atoms with van der Waals surface area (Å²) in [5, 5.41) is 0. The molecule has 2 aliphatic rings. The van der Waals surface area contributed by atoms with Gasteiger partial charge in [0.2, 0.25) is 5.91 Å². The molecule has 1 aromatic heterocycles. The Morgan fingerprint density at radius 1 is 1.25 bits per heavy atom. The molecule has 1 amide bonds. The number of likely N-dealkylation sites (tertiary alicyclic amines) is 1. The zero-order chi connectivity index (χ0) is 16.7. The number of ether oxygens (including phenoxy) is 2. The topological polar surface area (TPSA) is 76.6 Å². The van der Waals surface area contributed by atoms with Gasteiger partial charge in [0.05, 0.1) is 24.2 Å². The van der Waals surface area contributed by atoms with Crippen molar-refractivity contribution in [1.29, 1.82) is 0 Å². The number of carbonyl (C=O) groups excluding carboxylic acids is 1. The number of nitrogens with zero attached hydrogens (tertiary/aromatic N) is 2. The van der Waals surface area contributed by atoms with Crippen LogP contribution in [0.15, 0.2) is 23.0 Å². The van der Waals surface area contributed by atoms with Gasteiger partial charge in [0.15, 0.2) is 5.79 Å². The molecule has 2 saturated heterocycles. The number of H-pyrrole nitrogens is 1. The summed E-state index contributed by atoms with van der Waals surface area (Å²) < 4.78 is 25.9. The van der Waals surface area contributed by atoms with E-state index in [0.717, 1.165) is 0 Å². The highest BCUT2D eigenvalue weighted by Gasteiger charge is 2.40. The second-order valence-corrected chi connectivity index (χ2v) is 6.17. The number of hydrogen-bond donors (Lipinski definition) is 1. The minimum atomic E-state index is -0.536. The summed E-state index contributed by atoms with van der Waals surface area (Å²) in [5.41, 5.74) is 0.490. The molecule has 128 valence electrons. The van der Waals surface area contributed by atoms with E-state index in [-0.39, 0.29) is 12.5 Å². The summed E-state index contributed by atoms with van der Waals surface area (Å²) in [6, 6.07) is 4.02. The summed E-state index contributed by atoms with van der Waals surface area (Å²) in [6.07, 6.45) is 1.26. The van der Waals surface area contributed by atoms with Crippen LogP contribution in [0.5, 0.6) is 0 Å². The van der Waals surface area contributed by atoms with Crippen LogP contribution in [0.3, 0.4) is 0 Å². The average molecular weight is 335 g/mol. The van der Waals surface area contributed by atoms with Crippen LogP contribution >= 0.6 is 0 Å². The molecule has 0 aliphatic carbocycles. The first-order valence-electron chi connectivity index (χ1n) is 8.00. The molecular formula is C16H18FN3O4. The number of fused-ring (bicyclic) bond motifs is 1. The van der Waals surface area contributed by atoms with Gasteiger partial charge in [-0.3, -0.25) is 9.36 Å². The van der Waals surface area contributed by atoms with Gasteiger partial charge in [0.25, 0.3) is 0 Å². The fourth-order valence-corrected chi connectivity index (χ4v) is 3.41. The minimum Gasteiger partial charge on any atom is -0.347 e. The van der Waals surface area contributed by atoms with E-state index in [1.165, 1.54) is 22.8 Å². The van der Waals surface area contributed by atoms with E-state index in [1.807, 2.05) is 0 Å². The Bertz CT molecular complexity index is 827. The molecule has 8 heteroatoms. The van der Waals surface area contributed by atoms with Gasteiger partial charge in [-0.05, 0) is 18.2 Å². The molecule has 1 spiro atoms. The molecule has 2 aromatic rings. The molecule has 0 radical (unpaired) electrons. The maximum Gasteiger partial charge on any atom is 0.326 e. The number of carbonyl (C=O) groups is 1.